The molecule has 0 aliphatic carbocycles. The van der Waals surface area contributed by atoms with Gasteiger partial charge in [0.05, 0.1) is 22.6 Å². The second-order valence-electron chi connectivity index (χ2n) is 6.02. The van der Waals surface area contributed by atoms with Crippen LogP contribution in [0, 0.1) is 0 Å². The number of furan rings is 1. The number of rotatable bonds is 6. The van der Waals surface area contributed by atoms with Crippen LogP contribution in [0.3, 0.4) is 0 Å². The van der Waals surface area contributed by atoms with Gasteiger partial charge in [0, 0.05) is 23.6 Å². The number of nitrogens with zero attached hydrogens (tertiary/aromatic N) is 1. The van der Waals surface area contributed by atoms with Gasteiger partial charge in [-0.1, -0.05) is 35.3 Å². The minimum Gasteiger partial charge on any atom is -0.460 e. The van der Waals surface area contributed by atoms with E-state index in [2.05, 4.69) is 15.3 Å². The van der Waals surface area contributed by atoms with E-state index in [1.54, 1.807) is 12.1 Å². The van der Waals surface area contributed by atoms with Crippen LogP contribution in [0.4, 0.5) is 0 Å². The summed E-state index contributed by atoms with van der Waals surface area (Å²) in [6.07, 6.45) is 0.825. The van der Waals surface area contributed by atoms with Gasteiger partial charge < -0.3 is 14.7 Å². The van der Waals surface area contributed by atoms with E-state index in [0.717, 1.165) is 46.9 Å². The third kappa shape index (κ3) is 3.78. The molecule has 4 aromatic rings. The van der Waals surface area contributed by atoms with E-state index in [1.807, 2.05) is 42.5 Å². The summed E-state index contributed by atoms with van der Waals surface area (Å²) in [5.41, 5.74) is 2.90. The normalized spacial score (nSPS) is 11.3. The Morgan fingerprint density at radius 2 is 1.92 bits per heavy atom. The molecule has 2 heterocycles. The van der Waals surface area contributed by atoms with Crippen LogP contribution >= 0.6 is 23.2 Å². The van der Waals surface area contributed by atoms with E-state index >= 15 is 0 Å². The minimum atomic E-state index is 0.580. The molecule has 0 saturated carbocycles. The summed E-state index contributed by atoms with van der Waals surface area (Å²) in [5.74, 6) is 2.57. The Bertz CT molecular complexity index is 1010. The monoisotopic (exact) mass is 385 g/mol. The molecular formula is C20H17Cl2N3O. The largest absolute Gasteiger partial charge is 0.460 e. The highest BCUT2D eigenvalue weighted by atomic mass is 35.5. The molecule has 26 heavy (non-hydrogen) atoms. The van der Waals surface area contributed by atoms with Crippen LogP contribution in [0.25, 0.3) is 22.4 Å². The van der Waals surface area contributed by atoms with Crippen molar-refractivity contribution >= 4 is 34.2 Å². The van der Waals surface area contributed by atoms with E-state index in [0.29, 0.717) is 16.6 Å². The quantitative estimate of drug-likeness (QED) is 0.433. The molecule has 0 radical (unpaired) electrons. The van der Waals surface area contributed by atoms with E-state index in [4.69, 9.17) is 27.6 Å². The van der Waals surface area contributed by atoms with Crippen molar-refractivity contribution < 1.29 is 4.42 Å². The molecule has 0 aliphatic rings. The van der Waals surface area contributed by atoms with Crippen molar-refractivity contribution in [1.82, 2.24) is 15.3 Å². The van der Waals surface area contributed by atoms with Gasteiger partial charge in [-0.25, -0.2) is 4.98 Å². The highest BCUT2D eigenvalue weighted by molar-refractivity contribution is 6.36. The number of para-hydroxylation sites is 2. The first-order chi connectivity index (χ1) is 12.7. The molecule has 2 aromatic heterocycles. The number of halogens is 2. The highest BCUT2D eigenvalue weighted by Crippen LogP contribution is 2.31. The zero-order valence-corrected chi connectivity index (χ0v) is 15.4. The average Bonchev–Trinajstić information content (AvgIpc) is 3.25. The van der Waals surface area contributed by atoms with Gasteiger partial charge in [0.25, 0.3) is 0 Å². The molecule has 0 saturated heterocycles. The van der Waals surface area contributed by atoms with Crippen molar-refractivity contribution in [3.8, 4) is 11.3 Å². The van der Waals surface area contributed by atoms with E-state index < -0.39 is 0 Å². The maximum Gasteiger partial charge on any atom is 0.135 e. The SMILES string of the molecule is Clc1ccc(-c2ccc(CNCCc3nc4ccccc4[nH]3)o2)c(Cl)c1. The lowest BCUT2D eigenvalue weighted by atomic mass is 10.2. The molecule has 2 N–H and O–H groups in total. The van der Waals surface area contributed by atoms with Crippen LogP contribution < -0.4 is 5.32 Å². The Balaban J connectivity index is 1.33. The molecule has 4 rings (SSSR count). The van der Waals surface area contributed by atoms with E-state index in [1.165, 1.54) is 0 Å². The summed E-state index contributed by atoms with van der Waals surface area (Å²) in [6, 6.07) is 17.3. The maximum absolute atomic E-state index is 6.23. The van der Waals surface area contributed by atoms with Crippen molar-refractivity contribution in [2.24, 2.45) is 0 Å². The van der Waals surface area contributed by atoms with Gasteiger partial charge in [-0.15, -0.1) is 0 Å². The van der Waals surface area contributed by atoms with Gasteiger partial charge in [-0.2, -0.15) is 0 Å². The highest BCUT2D eigenvalue weighted by Gasteiger charge is 2.09. The molecule has 4 nitrogen and oxygen atoms in total. The summed E-state index contributed by atoms with van der Waals surface area (Å²) in [7, 11) is 0. The molecule has 0 amide bonds. The lowest BCUT2D eigenvalue weighted by Gasteiger charge is -2.03. The third-order valence-corrected chi connectivity index (χ3v) is 4.68. The Morgan fingerprint density at radius 1 is 1.04 bits per heavy atom. The van der Waals surface area contributed by atoms with Crippen LogP contribution in [-0.4, -0.2) is 16.5 Å². The van der Waals surface area contributed by atoms with Crippen LogP contribution in [0.5, 0.6) is 0 Å². The predicted octanol–water partition coefficient (Wildman–Crippen LogP) is 5.46. The van der Waals surface area contributed by atoms with Gasteiger partial charge in [0.15, 0.2) is 0 Å². The van der Waals surface area contributed by atoms with Gasteiger partial charge in [-0.05, 0) is 42.5 Å². The first-order valence-electron chi connectivity index (χ1n) is 8.37. The van der Waals surface area contributed by atoms with Crippen LogP contribution in [0.15, 0.2) is 59.0 Å². The Hall–Kier alpha value is -2.27. The van der Waals surface area contributed by atoms with Crippen molar-refractivity contribution in [2.75, 3.05) is 6.54 Å². The van der Waals surface area contributed by atoms with Crippen LogP contribution in [0.2, 0.25) is 10.0 Å². The van der Waals surface area contributed by atoms with Crippen molar-refractivity contribution in [3.05, 3.63) is 76.2 Å². The predicted molar refractivity (Wildman–Crippen MR) is 106 cm³/mol. The second kappa shape index (κ2) is 7.54. The topological polar surface area (TPSA) is 53.9 Å². The number of hydrogen-bond acceptors (Lipinski definition) is 3. The molecule has 0 spiro atoms. The summed E-state index contributed by atoms with van der Waals surface area (Å²) in [6.45, 7) is 1.45. The summed E-state index contributed by atoms with van der Waals surface area (Å²) >= 11 is 12.2. The standard InChI is InChI=1S/C20H17Cl2N3O/c21-13-5-7-15(16(22)11-13)19-8-6-14(26-19)12-23-10-9-20-24-17-3-1-2-4-18(17)25-20/h1-8,11,23H,9-10,12H2,(H,24,25). The van der Waals surface area contributed by atoms with E-state index in [-0.39, 0.29) is 0 Å². The molecule has 132 valence electrons. The average molecular weight is 386 g/mol. The molecule has 6 heteroatoms. The lowest BCUT2D eigenvalue weighted by molar-refractivity contribution is 0.494. The molecule has 0 aliphatic heterocycles. The zero-order valence-electron chi connectivity index (χ0n) is 13.9. The zero-order chi connectivity index (χ0) is 17.9. The molecule has 2 aromatic carbocycles. The number of nitrogens with one attached hydrogen (secondary N) is 2. The summed E-state index contributed by atoms with van der Waals surface area (Å²) in [4.78, 5) is 7.90. The van der Waals surface area contributed by atoms with Gasteiger partial charge in [0.2, 0.25) is 0 Å². The first-order valence-corrected chi connectivity index (χ1v) is 9.13. The van der Waals surface area contributed by atoms with Crippen molar-refractivity contribution in [3.63, 3.8) is 0 Å². The summed E-state index contributed by atoms with van der Waals surface area (Å²) in [5, 5.41) is 4.56. The smallest absolute Gasteiger partial charge is 0.135 e. The fourth-order valence-corrected chi connectivity index (χ4v) is 3.35. The van der Waals surface area contributed by atoms with Crippen LogP contribution in [0.1, 0.15) is 11.6 Å². The number of imidazole rings is 1. The Kier molecular flexibility index (Phi) is 4.98. The number of aromatic amines is 1. The van der Waals surface area contributed by atoms with Crippen molar-refractivity contribution in [2.45, 2.75) is 13.0 Å². The number of fused-ring (bicyclic) bond motifs is 1. The Morgan fingerprint density at radius 3 is 2.77 bits per heavy atom. The molecular weight excluding hydrogens is 369 g/mol. The molecule has 0 atom stereocenters. The Labute approximate surface area is 161 Å². The van der Waals surface area contributed by atoms with Gasteiger partial charge >= 0.3 is 0 Å². The lowest BCUT2D eigenvalue weighted by Crippen LogP contribution is -2.16. The van der Waals surface area contributed by atoms with Crippen LogP contribution in [-0.2, 0) is 13.0 Å². The molecule has 0 unspecified atom stereocenters. The number of hydrogen-bond donors (Lipinski definition) is 2. The number of aromatic nitrogens is 2. The van der Waals surface area contributed by atoms with Gasteiger partial charge in [0.1, 0.15) is 17.3 Å². The van der Waals surface area contributed by atoms with E-state index in [9.17, 15) is 0 Å². The van der Waals surface area contributed by atoms with Gasteiger partial charge in [-0.3, -0.25) is 0 Å². The fraction of sp³-hybridized carbons (Fsp3) is 0.150. The molecule has 0 fully saturated rings. The van der Waals surface area contributed by atoms with Crippen molar-refractivity contribution in [1.29, 1.82) is 0 Å². The first kappa shape index (κ1) is 17.2. The number of H-pyrrole nitrogens is 1. The third-order valence-electron chi connectivity index (χ3n) is 4.13. The number of benzene rings is 2. The fourth-order valence-electron chi connectivity index (χ4n) is 2.85. The minimum absolute atomic E-state index is 0.580. The second-order valence-corrected chi connectivity index (χ2v) is 6.86. The summed E-state index contributed by atoms with van der Waals surface area (Å²) < 4.78 is 5.88. The maximum atomic E-state index is 6.23. The molecule has 0 bridgehead atoms.